The molecule has 5 nitrogen and oxygen atoms in total. The summed E-state index contributed by atoms with van der Waals surface area (Å²) in [4.78, 5) is 11.6. The molecule has 1 N–H and O–H groups in total. The first kappa shape index (κ1) is 38.9. The highest BCUT2D eigenvalue weighted by Crippen LogP contribution is 2.49. The van der Waals surface area contributed by atoms with Gasteiger partial charge in [-0.25, -0.2) is 4.39 Å². The Morgan fingerprint density at radius 1 is 0.909 bits per heavy atom. The maximum absolute atomic E-state index is 14.2. The van der Waals surface area contributed by atoms with Gasteiger partial charge in [0.1, 0.15) is 5.82 Å². The molecule has 0 aromatic heterocycles. The highest BCUT2D eigenvalue weighted by Gasteiger charge is 2.51. The fraction of sp³-hybridized carbons (Fsp3) is 0.750. The lowest BCUT2D eigenvalue weighted by atomic mass is 9.85. The molecule has 0 heterocycles. The molecule has 44 heavy (non-hydrogen) atoms. The smallest absolute Gasteiger partial charge is 0.305 e. The van der Waals surface area contributed by atoms with Gasteiger partial charge in [0.05, 0.1) is 25.4 Å². The lowest BCUT2D eigenvalue weighted by Crippen LogP contribution is -2.45. The maximum Gasteiger partial charge on any atom is 0.305 e. The second kappa shape index (κ2) is 16.5. The number of carbonyl (C=O) groups excluding carboxylic acids is 1. The summed E-state index contributed by atoms with van der Waals surface area (Å²) in [5.74, 6) is 0.177. The molecule has 1 aromatic rings. The molecule has 1 aromatic carbocycles. The number of benzene rings is 1. The quantitative estimate of drug-likeness (QED) is 0.110. The molecule has 1 aliphatic carbocycles. The van der Waals surface area contributed by atoms with Crippen molar-refractivity contribution in [3.8, 4) is 0 Å². The number of esters is 1. The van der Waals surface area contributed by atoms with Crippen molar-refractivity contribution < 1.29 is 27.9 Å². The Morgan fingerprint density at radius 2 is 1.43 bits per heavy atom. The van der Waals surface area contributed by atoms with Crippen molar-refractivity contribution in [1.82, 2.24) is 0 Å². The number of unbranched alkanes of at least 4 members (excludes halogenated alkanes) is 3. The highest BCUT2D eigenvalue weighted by atomic mass is 28.4. The highest BCUT2D eigenvalue weighted by molar-refractivity contribution is 6.74. The molecule has 1 fully saturated rings. The normalized spacial score (nSPS) is 22.5. The molecule has 252 valence electrons. The topological polar surface area (TPSA) is 65.0 Å². The van der Waals surface area contributed by atoms with Crippen LogP contribution in [0, 0.1) is 17.7 Å². The van der Waals surface area contributed by atoms with Crippen LogP contribution in [0.15, 0.2) is 30.3 Å². The third kappa shape index (κ3) is 11.5. The second-order valence-electron chi connectivity index (χ2n) is 16.0. The molecule has 2 rings (SSSR count). The van der Waals surface area contributed by atoms with E-state index in [1.807, 2.05) is 0 Å². The molecule has 1 unspecified atom stereocenters. The van der Waals surface area contributed by atoms with Crippen LogP contribution in [0.1, 0.15) is 105 Å². The van der Waals surface area contributed by atoms with Gasteiger partial charge in [-0.2, -0.15) is 0 Å². The van der Waals surface area contributed by atoms with Crippen LogP contribution in [-0.2, 0) is 18.4 Å². The number of rotatable bonds is 16. The first-order chi connectivity index (χ1) is 20.3. The van der Waals surface area contributed by atoms with Crippen molar-refractivity contribution >= 4 is 28.7 Å². The summed E-state index contributed by atoms with van der Waals surface area (Å²) < 4.78 is 33.3. The number of aliphatic hydroxyl groups is 1. The van der Waals surface area contributed by atoms with Crippen molar-refractivity contribution in [3.05, 3.63) is 41.7 Å². The van der Waals surface area contributed by atoms with Crippen molar-refractivity contribution in [3.63, 3.8) is 0 Å². The summed E-state index contributed by atoms with van der Waals surface area (Å²) >= 11 is 0. The Labute approximate surface area is 270 Å². The Hall–Kier alpha value is -1.33. The van der Waals surface area contributed by atoms with Crippen molar-refractivity contribution in [2.75, 3.05) is 7.11 Å². The number of hydrogen-bond acceptors (Lipinski definition) is 5. The summed E-state index contributed by atoms with van der Waals surface area (Å²) in [6, 6.07) is 6.64. The number of methoxy groups -OCH3 is 1. The van der Waals surface area contributed by atoms with Gasteiger partial charge in [0.2, 0.25) is 0 Å². The van der Waals surface area contributed by atoms with Crippen LogP contribution in [-0.4, -0.2) is 53.1 Å². The molecule has 0 aliphatic heterocycles. The summed E-state index contributed by atoms with van der Waals surface area (Å²) in [6.45, 7) is 23.1. The Kier molecular flexibility index (Phi) is 14.6. The summed E-state index contributed by atoms with van der Waals surface area (Å²) in [6.07, 6.45) is 10.8. The predicted molar refractivity (Wildman–Crippen MR) is 186 cm³/mol. The first-order valence-corrected chi connectivity index (χ1v) is 22.6. The van der Waals surface area contributed by atoms with Crippen LogP contribution in [0.2, 0.25) is 36.3 Å². The molecule has 1 saturated carbocycles. The molecule has 0 amide bonds. The SMILES string of the molecule is COC(=O)CCCCCC[C@@H]1[C@@H](CCC(O)C=Cc2ccccc2F)[C@H](O[Si](C)(C)C(C)(C)C)C[C@@H]1O[Si](C)(C)C(C)(C)C. The van der Waals surface area contributed by atoms with Gasteiger partial charge in [0.25, 0.3) is 0 Å². The van der Waals surface area contributed by atoms with E-state index in [1.54, 1.807) is 30.4 Å². The van der Waals surface area contributed by atoms with Gasteiger partial charge < -0.3 is 18.7 Å². The fourth-order valence-electron chi connectivity index (χ4n) is 5.70. The average molecular weight is 651 g/mol. The molecule has 5 atom stereocenters. The molecule has 0 bridgehead atoms. The summed E-state index contributed by atoms with van der Waals surface area (Å²) in [7, 11) is -2.65. The van der Waals surface area contributed by atoms with E-state index < -0.39 is 22.7 Å². The number of aliphatic hydroxyl groups excluding tert-OH is 1. The Bertz CT molecular complexity index is 1060. The minimum absolute atomic E-state index is 0.0812. The summed E-state index contributed by atoms with van der Waals surface area (Å²) in [5.41, 5.74) is 0.486. The van der Waals surface area contributed by atoms with E-state index in [2.05, 4.69) is 67.7 Å². The van der Waals surface area contributed by atoms with Crippen LogP contribution >= 0.6 is 0 Å². The molecule has 8 heteroatoms. The van der Waals surface area contributed by atoms with E-state index in [1.165, 1.54) is 13.2 Å². The van der Waals surface area contributed by atoms with E-state index >= 15 is 0 Å². The molecular weight excluding hydrogens is 588 g/mol. The lowest BCUT2D eigenvalue weighted by molar-refractivity contribution is -0.140. The van der Waals surface area contributed by atoms with Crippen LogP contribution in [0.3, 0.4) is 0 Å². The molecule has 0 spiro atoms. The van der Waals surface area contributed by atoms with Crippen LogP contribution < -0.4 is 0 Å². The second-order valence-corrected chi connectivity index (χ2v) is 25.5. The molecule has 0 saturated heterocycles. The van der Waals surface area contributed by atoms with Crippen LogP contribution in [0.5, 0.6) is 0 Å². The molecule has 1 aliphatic rings. The third-order valence-corrected chi connectivity index (χ3v) is 19.6. The van der Waals surface area contributed by atoms with Gasteiger partial charge in [-0.05, 0) is 86.3 Å². The number of halogens is 1. The third-order valence-electron chi connectivity index (χ3n) is 10.6. The minimum atomic E-state index is -2.06. The van der Waals surface area contributed by atoms with E-state index in [-0.39, 0.29) is 40.0 Å². The standard InChI is InChI=1S/C36H63FO5Si2/c1-35(2,3)43(8,9)41-32-26-33(42-44(10,11)36(4,5)6)30(29(32)19-14-12-13-15-21-34(39)40-7)25-24-28(38)23-22-27-18-16-17-20-31(27)37/h16-18,20,22-23,28-30,32-33,38H,12-15,19,21,24-26H2,1-11H3/t28?,29-,30-,32+,33-/m1/s1. The van der Waals surface area contributed by atoms with Gasteiger partial charge >= 0.3 is 5.97 Å². The monoisotopic (exact) mass is 650 g/mol. The fourth-order valence-corrected chi connectivity index (χ4v) is 8.46. The summed E-state index contributed by atoms with van der Waals surface area (Å²) in [5, 5.41) is 11.2. The Morgan fingerprint density at radius 3 is 1.95 bits per heavy atom. The zero-order valence-corrected chi connectivity index (χ0v) is 31.7. The van der Waals surface area contributed by atoms with Crippen LogP contribution in [0.4, 0.5) is 4.39 Å². The largest absolute Gasteiger partial charge is 0.469 e. The van der Waals surface area contributed by atoms with Crippen molar-refractivity contribution in [1.29, 1.82) is 0 Å². The van der Waals surface area contributed by atoms with E-state index in [0.29, 0.717) is 24.3 Å². The van der Waals surface area contributed by atoms with Gasteiger partial charge in [0, 0.05) is 12.0 Å². The molecule has 0 radical (unpaired) electrons. The number of ether oxygens (including phenoxy) is 1. The maximum atomic E-state index is 14.2. The van der Waals surface area contributed by atoms with Crippen molar-refractivity contribution in [2.24, 2.45) is 11.8 Å². The number of carbonyl (C=O) groups is 1. The van der Waals surface area contributed by atoms with Gasteiger partial charge in [0.15, 0.2) is 16.6 Å². The van der Waals surface area contributed by atoms with Gasteiger partial charge in [-0.15, -0.1) is 0 Å². The van der Waals surface area contributed by atoms with E-state index in [9.17, 15) is 14.3 Å². The first-order valence-electron chi connectivity index (χ1n) is 16.8. The van der Waals surface area contributed by atoms with Crippen molar-refractivity contribution in [2.45, 2.75) is 154 Å². The van der Waals surface area contributed by atoms with E-state index in [4.69, 9.17) is 13.6 Å². The lowest BCUT2D eigenvalue weighted by Gasteiger charge is -2.40. The molecular formula is C36H63FO5Si2. The van der Waals surface area contributed by atoms with Gasteiger partial charge in [-0.1, -0.05) is 91.2 Å². The zero-order chi connectivity index (χ0) is 33.3. The average Bonchev–Trinajstić information content (AvgIpc) is 3.21. The van der Waals surface area contributed by atoms with Gasteiger partial charge in [-0.3, -0.25) is 4.79 Å². The predicted octanol–water partition coefficient (Wildman–Crippen LogP) is 9.91. The zero-order valence-electron chi connectivity index (χ0n) is 29.7. The number of hydrogen-bond donors (Lipinski definition) is 1. The Balaban J connectivity index is 2.29. The van der Waals surface area contributed by atoms with Crippen LogP contribution in [0.25, 0.3) is 6.08 Å². The minimum Gasteiger partial charge on any atom is -0.469 e. The van der Waals surface area contributed by atoms with E-state index in [0.717, 1.165) is 44.9 Å².